The second-order valence-electron chi connectivity index (χ2n) is 9.83. The third kappa shape index (κ3) is 3.59. The van der Waals surface area contributed by atoms with Crippen LogP contribution in [0.3, 0.4) is 0 Å². The number of anilines is 2. The minimum absolute atomic E-state index is 0.0620. The summed E-state index contributed by atoms with van der Waals surface area (Å²) in [6.45, 7) is 9.39. The Morgan fingerprint density at radius 2 is 1.17 bits per heavy atom. The van der Waals surface area contributed by atoms with Crippen LogP contribution in [-0.4, -0.2) is 36.7 Å². The van der Waals surface area contributed by atoms with Gasteiger partial charge in [0.1, 0.15) is 0 Å². The van der Waals surface area contributed by atoms with Gasteiger partial charge < -0.3 is 9.80 Å². The lowest BCUT2D eigenvalue weighted by Crippen LogP contribution is -2.54. The Hall–Kier alpha value is -3.68. The molecule has 0 amide bonds. The fourth-order valence-corrected chi connectivity index (χ4v) is 5.53. The van der Waals surface area contributed by atoms with Crippen molar-refractivity contribution in [3.05, 3.63) is 82.4 Å². The number of aromatic nitrogens is 6. The van der Waals surface area contributed by atoms with Crippen LogP contribution in [-0.2, 0) is 12.8 Å². The summed E-state index contributed by atoms with van der Waals surface area (Å²) < 4.78 is 4.08. The number of hydrogen-bond donors (Lipinski definition) is 0. The van der Waals surface area contributed by atoms with Gasteiger partial charge in [0, 0.05) is 22.5 Å². The number of nitrogens with zero attached hydrogens (tertiary/aromatic N) is 8. The molecule has 6 rings (SSSR count). The largest absolute Gasteiger partial charge is 0.327 e. The van der Waals surface area contributed by atoms with Gasteiger partial charge in [-0.1, -0.05) is 60.4 Å². The van der Waals surface area contributed by atoms with Crippen LogP contribution in [0, 0.1) is 13.8 Å². The molecular weight excluding hydrogens is 436 g/mol. The zero-order valence-corrected chi connectivity index (χ0v) is 20.9. The minimum Gasteiger partial charge on any atom is -0.327 e. The number of benzene rings is 2. The molecule has 0 aliphatic carbocycles. The molecule has 35 heavy (non-hydrogen) atoms. The van der Waals surface area contributed by atoms with Crippen LogP contribution >= 0.6 is 0 Å². The first-order chi connectivity index (χ1) is 17.1. The van der Waals surface area contributed by atoms with E-state index in [1.807, 2.05) is 9.36 Å². The lowest BCUT2D eigenvalue weighted by molar-refractivity contribution is 0.390. The van der Waals surface area contributed by atoms with Gasteiger partial charge in [0.25, 0.3) is 0 Å². The highest BCUT2D eigenvalue weighted by atomic mass is 15.6. The molecule has 2 aromatic carbocycles. The molecule has 2 aromatic heterocycles. The van der Waals surface area contributed by atoms with E-state index in [2.05, 4.69) is 107 Å². The second-order valence-corrected chi connectivity index (χ2v) is 9.83. The average molecular weight is 469 g/mol. The summed E-state index contributed by atoms with van der Waals surface area (Å²) in [7, 11) is 0. The Kier molecular flexibility index (Phi) is 5.31. The minimum atomic E-state index is -0.0620. The predicted molar refractivity (Wildman–Crippen MR) is 136 cm³/mol. The topological polar surface area (TPSA) is 67.9 Å². The number of rotatable bonds is 6. The normalized spacial score (nSPS) is 18.5. The Morgan fingerprint density at radius 1 is 0.714 bits per heavy atom. The van der Waals surface area contributed by atoms with Gasteiger partial charge >= 0.3 is 0 Å². The molecule has 0 saturated heterocycles. The summed E-state index contributed by atoms with van der Waals surface area (Å²) in [5.74, 6) is 0. The van der Waals surface area contributed by atoms with Crippen LogP contribution in [0.5, 0.6) is 0 Å². The zero-order chi connectivity index (χ0) is 24.1. The Morgan fingerprint density at radius 3 is 1.60 bits per heavy atom. The standard InChI is InChI=1S/C27H32N8/c1-5-7-20-15-34(30-28-20)26-22-13-18(3)9-11-24(22)33-17-32(26)25-12-10-19(4)14-23(25)27(33)35-16-21(8-6-2)29-31-35/h9-16,26-27H,5-8,17H2,1-4H3/t26-,27-/m0/s1. The third-order valence-electron chi connectivity index (χ3n) is 7.07. The van der Waals surface area contributed by atoms with Crippen molar-refractivity contribution in [2.45, 2.75) is 65.7 Å². The molecule has 0 radical (unpaired) electrons. The van der Waals surface area contributed by atoms with Crippen molar-refractivity contribution in [3.8, 4) is 0 Å². The van der Waals surface area contributed by atoms with E-state index < -0.39 is 0 Å². The first kappa shape index (κ1) is 21.8. The van der Waals surface area contributed by atoms with Crippen LogP contribution in [0.25, 0.3) is 0 Å². The van der Waals surface area contributed by atoms with Gasteiger partial charge in [-0.25, -0.2) is 9.36 Å². The maximum Gasteiger partial charge on any atom is 0.154 e. The Bertz CT molecular complexity index is 1270. The highest BCUT2D eigenvalue weighted by Crippen LogP contribution is 2.49. The van der Waals surface area contributed by atoms with Crippen molar-refractivity contribution in [1.29, 1.82) is 0 Å². The van der Waals surface area contributed by atoms with Gasteiger partial charge in [-0.05, 0) is 51.0 Å². The van der Waals surface area contributed by atoms with E-state index in [1.165, 1.54) is 33.6 Å². The number of fused-ring (bicyclic) bond motifs is 6. The molecule has 0 spiro atoms. The summed E-state index contributed by atoms with van der Waals surface area (Å²) in [5.41, 5.74) is 9.41. The quantitative estimate of drug-likeness (QED) is 0.406. The van der Waals surface area contributed by atoms with Crippen molar-refractivity contribution < 1.29 is 0 Å². The van der Waals surface area contributed by atoms with Crippen LogP contribution in [0.2, 0.25) is 0 Å². The molecule has 4 aromatic rings. The molecule has 0 N–H and O–H groups in total. The SMILES string of the molecule is CCCc1cn([C@H]2c3cc(C)ccc3N3CN2c2ccc(C)cc2[C@@H]3n2cc(CCC)nn2)nn1. The summed E-state index contributed by atoms with van der Waals surface area (Å²) >= 11 is 0. The average Bonchev–Trinajstić information content (AvgIpc) is 3.49. The molecule has 4 heterocycles. The predicted octanol–water partition coefficient (Wildman–Crippen LogP) is 4.78. The second kappa shape index (κ2) is 8.52. The molecular formula is C27H32N8. The van der Waals surface area contributed by atoms with Crippen molar-refractivity contribution in [1.82, 2.24) is 30.0 Å². The Labute approximate surface area is 206 Å². The fraction of sp³-hybridized carbons (Fsp3) is 0.407. The summed E-state index contributed by atoms with van der Waals surface area (Å²) in [5, 5.41) is 18.2. The first-order valence-corrected chi connectivity index (χ1v) is 12.6. The smallest absolute Gasteiger partial charge is 0.154 e. The molecule has 8 heteroatoms. The first-order valence-electron chi connectivity index (χ1n) is 12.6. The number of hydrogen-bond acceptors (Lipinski definition) is 6. The molecule has 2 bridgehead atoms. The van der Waals surface area contributed by atoms with E-state index >= 15 is 0 Å². The van der Waals surface area contributed by atoms with E-state index in [9.17, 15) is 0 Å². The van der Waals surface area contributed by atoms with E-state index in [0.29, 0.717) is 0 Å². The van der Waals surface area contributed by atoms with Gasteiger partial charge in [-0.2, -0.15) is 0 Å². The zero-order valence-electron chi connectivity index (χ0n) is 20.9. The van der Waals surface area contributed by atoms with E-state index in [4.69, 9.17) is 0 Å². The van der Waals surface area contributed by atoms with Crippen LogP contribution in [0.1, 0.15) is 72.7 Å². The molecule has 0 fully saturated rings. The summed E-state index contributed by atoms with van der Waals surface area (Å²) in [6, 6.07) is 13.5. The lowest BCUT2D eigenvalue weighted by atomic mass is 9.94. The highest BCUT2D eigenvalue weighted by Gasteiger charge is 2.43. The molecule has 2 aliphatic rings. The van der Waals surface area contributed by atoms with Crippen LogP contribution in [0.4, 0.5) is 11.4 Å². The molecule has 2 aliphatic heterocycles. The molecule has 0 saturated carbocycles. The van der Waals surface area contributed by atoms with Crippen molar-refractivity contribution >= 4 is 11.4 Å². The maximum absolute atomic E-state index is 4.60. The highest BCUT2D eigenvalue weighted by molar-refractivity contribution is 5.71. The third-order valence-corrected chi connectivity index (χ3v) is 7.07. The monoisotopic (exact) mass is 468 g/mol. The van der Waals surface area contributed by atoms with E-state index in [1.54, 1.807) is 0 Å². The molecule has 180 valence electrons. The maximum atomic E-state index is 4.60. The molecule has 2 atom stereocenters. The number of aryl methyl sites for hydroxylation is 4. The van der Waals surface area contributed by atoms with Crippen molar-refractivity contribution in [2.75, 3.05) is 16.5 Å². The molecule has 0 unspecified atom stereocenters. The fourth-order valence-electron chi connectivity index (χ4n) is 5.53. The lowest BCUT2D eigenvalue weighted by Gasteiger charge is -2.52. The van der Waals surface area contributed by atoms with Gasteiger partial charge in [-0.3, -0.25) is 0 Å². The summed E-state index contributed by atoms with van der Waals surface area (Å²) in [6.07, 6.45) is 8.08. The van der Waals surface area contributed by atoms with Crippen LogP contribution < -0.4 is 9.80 Å². The molecule has 8 nitrogen and oxygen atoms in total. The van der Waals surface area contributed by atoms with Gasteiger partial charge in [0.05, 0.1) is 30.5 Å². The van der Waals surface area contributed by atoms with Gasteiger partial charge in [0.2, 0.25) is 0 Å². The van der Waals surface area contributed by atoms with Crippen molar-refractivity contribution in [2.24, 2.45) is 0 Å². The summed E-state index contributed by atoms with van der Waals surface area (Å²) in [4.78, 5) is 4.89. The van der Waals surface area contributed by atoms with E-state index in [-0.39, 0.29) is 12.3 Å². The van der Waals surface area contributed by atoms with Crippen LogP contribution in [0.15, 0.2) is 48.8 Å². The van der Waals surface area contributed by atoms with E-state index in [0.717, 1.165) is 43.7 Å². The van der Waals surface area contributed by atoms with Crippen molar-refractivity contribution in [3.63, 3.8) is 0 Å². The van der Waals surface area contributed by atoms with Gasteiger partial charge in [-0.15, -0.1) is 10.2 Å². The Balaban J connectivity index is 1.55. The van der Waals surface area contributed by atoms with Gasteiger partial charge in [0.15, 0.2) is 12.3 Å².